The van der Waals surface area contributed by atoms with Crippen molar-refractivity contribution in [2.45, 2.75) is 32.4 Å². The van der Waals surface area contributed by atoms with Gasteiger partial charge in [0.05, 0.1) is 11.8 Å². The van der Waals surface area contributed by atoms with Crippen LogP contribution in [0.25, 0.3) is 0 Å². The summed E-state index contributed by atoms with van der Waals surface area (Å²) in [4.78, 5) is 19.1. The van der Waals surface area contributed by atoms with Gasteiger partial charge in [0.15, 0.2) is 0 Å². The number of likely N-dealkylation sites (tertiary alicyclic amines) is 1. The Kier molecular flexibility index (Phi) is 4.74. The molecule has 0 radical (unpaired) electrons. The van der Waals surface area contributed by atoms with Crippen LogP contribution in [0.15, 0.2) is 18.2 Å². The Hall–Kier alpha value is -1.46. The number of aryl methyl sites for hydroxylation is 1. The molecule has 120 valence electrons. The summed E-state index contributed by atoms with van der Waals surface area (Å²) in [5, 5.41) is 2.81. The van der Waals surface area contributed by atoms with E-state index in [1.54, 1.807) is 7.05 Å². The van der Waals surface area contributed by atoms with E-state index in [9.17, 15) is 4.79 Å². The van der Waals surface area contributed by atoms with Crippen LogP contribution in [0.1, 0.15) is 24.2 Å². The molecule has 5 heteroatoms. The number of rotatable bonds is 3. The van der Waals surface area contributed by atoms with E-state index in [1.165, 1.54) is 0 Å². The number of amides is 1. The summed E-state index contributed by atoms with van der Waals surface area (Å²) in [6, 6.07) is 6.15. The zero-order valence-corrected chi connectivity index (χ0v) is 13.4. The smallest absolute Gasteiger partial charge is 0.223 e. The van der Waals surface area contributed by atoms with Crippen molar-refractivity contribution in [2.75, 3.05) is 26.7 Å². The topological polar surface area (TPSA) is 54.5 Å². The van der Waals surface area contributed by atoms with E-state index in [-0.39, 0.29) is 17.9 Å². The molecule has 3 rings (SSSR count). The lowest BCUT2D eigenvalue weighted by Crippen LogP contribution is -2.52. The zero-order valence-electron chi connectivity index (χ0n) is 13.4. The average molecular weight is 303 g/mol. The van der Waals surface area contributed by atoms with Crippen molar-refractivity contribution in [3.8, 4) is 0 Å². The molecule has 2 fully saturated rings. The molecule has 2 saturated heterocycles. The summed E-state index contributed by atoms with van der Waals surface area (Å²) >= 11 is 0. The highest BCUT2D eigenvalue weighted by Crippen LogP contribution is 2.33. The molecule has 1 aromatic rings. The number of aromatic nitrogens is 1. The first-order valence-electron chi connectivity index (χ1n) is 8.15. The number of piperidine rings is 1. The van der Waals surface area contributed by atoms with Crippen LogP contribution in [0.5, 0.6) is 0 Å². The van der Waals surface area contributed by atoms with Gasteiger partial charge >= 0.3 is 0 Å². The van der Waals surface area contributed by atoms with Gasteiger partial charge in [0.25, 0.3) is 0 Å². The molecule has 0 saturated carbocycles. The largest absolute Gasteiger partial charge is 0.378 e. The van der Waals surface area contributed by atoms with Crippen LogP contribution in [0, 0.1) is 18.8 Å². The highest BCUT2D eigenvalue weighted by atomic mass is 16.5. The van der Waals surface area contributed by atoms with Crippen molar-refractivity contribution in [3.63, 3.8) is 0 Å². The van der Waals surface area contributed by atoms with Gasteiger partial charge in [-0.3, -0.25) is 14.7 Å². The van der Waals surface area contributed by atoms with Crippen molar-refractivity contribution in [1.29, 1.82) is 0 Å². The van der Waals surface area contributed by atoms with Gasteiger partial charge in [-0.25, -0.2) is 0 Å². The number of ether oxygens (including phenoxy) is 1. The fourth-order valence-electron chi connectivity index (χ4n) is 3.76. The van der Waals surface area contributed by atoms with E-state index in [1.807, 2.05) is 13.0 Å². The van der Waals surface area contributed by atoms with Gasteiger partial charge in [-0.15, -0.1) is 0 Å². The predicted octanol–water partition coefficient (Wildman–Crippen LogP) is 1.36. The molecule has 3 atom stereocenters. The Bertz CT molecular complexity index is 534. The van der Waals surface area contributed by atoms with Gasteiger partial charge in [0.2, 0.25) is 5.91 Å². The normalized spacial score (nSPS) is 28.9. The Labute approximate surface area is 132 Å². The van der Waals surface area contributed by atoms with Gasteiger partial charge in [-0.2, -0.15) is 0 Å². The molecular formula is C17H25N3O2. The average Bonchev–Trinajstić information content (AvgIpc) is 2.53. The minimum atomic E-state index is 0.0806. The summed E-state index contributed by atoms with van der Waals surface area (Å²) in [6.07, 6.45) is 2.07. The number of pyridine rings is 1. The van der Waals surface area contributed by atoms with Crippen molar-refractivity contribution in [1.82, 2.24) is 15.2 Å². The summed E-state index contributed by atoms with van der Waals surface area (Å²) in [6.45, 7) is 5.51. The van der Waals surface area contributed by atoms with E-state index < -0.39 is 0 Å². The lowest BCUT2D eigenvalue weighted by atomic mass is 9.79. The second kappa shape index (κ2) is 6.75. The monoisotopic (exact) mass is 303 g/mol. The van der Waals surface area contributed by atoms with Gasteiger partial charge < -0.3 is 10.1 Å². The zero-order chi connectivity index (χ0) is 15.5. The van der Waals surface area contributed by atoms with Crippen molar-refractivity contribution < 1.29 is 9.53 Å². The minimum absolute atomic E-state index is 0.0806. The van der Waals surface area contributed by atoms with Crippen LogP contribution in [0.3, 0.4) is 0 Å². The van der Waals surface area contributed by atoms with E-state index in [0.717, 1.165) is 43.9 Å². The van der Waals surface area contributed by atoms with Gasteiger partial charge in [0, 0.05) is 50.8 Å². The molecule has 0 aliphatic carbocycles. The Morgan fingerprint density at radius 1 is 1.45 bits per heavy atom. The molecule has 0 unspecified atom stereocenters. The Balaban J connectivity index is 1.68. The molecular weight excluding hydrogens is 278 g/mol. The van der Waals surface area contributed by atoms with Crippen LogP contribution in [0.2, 0.25) is 0 Å². The van der Waals surface area contributed by atoms with Gasteiger partial charge in [-0.1, -0.05) is 6.07 Å². The van der Waals surface area contributed by atoms with Crippen molar-refractivity contribution in [3.05, 3.63) is 29.6 Å². The first-order chi connectivity index (χ1) is 10.7. The predicted molar refractivity (Wildman–Crippen MR) is 84.3 cm³/mol. The van der Waals surface area contributed by atoms with E-state index >= 15 is 0 Å². The van der Waals surface area contributed by atoms with Crippen molar-refractivity contribution in [2.24, 2.45) is 11.8 Å². The third-order valence-corrected chi connectivity index (χ3v) is 4.87. The molecule has 3 heterocycles. The summed E-state index contributed by atoms with van der Waals surface area (Å²) in [5.74, 6) is 0.540. The molecule has 2 aliphatic heterocycles. The molecule has 1 N–H and O–H groups in total. The van der Waals surface area contributed by atoms with E-state index in [2.05, 4.69) is 27.3 Å². The fourth-order valence-corrected chi connectivity index (χ4v) is 3.76. The highest BCUT2D eigenvalue weighted by Gasteiger charge is 2.41. The third-order valence-electron chi connectivity index (χ3n) is 4.87. The summed E-state index contributed by atoms with van der Waals surface area (Å²) < 4.78 is 5.90. The number of nitrogens with zero attached hydrogens (tertiary/aromatic N) is 2. The standard InChI is InChI=1S/C17H25N3O2/c1-12-4-3-5-13(19-12)10-20-8-6-16-15(11-20)14(7-9-22-16)17(21)18-2/h3-5,14-16H,6-11H2,1-2H3,(H,18,21)/t14-,15-,16-/m0/s1. The van der Waals surface area contributed by atoms with Crippen LogP contribution >= 0.6 is 0 Å². The maximum atomic E-state index is 12.1. The first-order valence-corrected chi connectivity index (χ1v) is 8.15. The SMILES string of the molecule is CNC(=O)[C@H]1CCO[C@H]2CCN(Cc3cccc(C)n3)C[C@H]21. The van der Waals surface area contributed by atoms with Crippen LogP contribution < -0.4 is 5.32 Å². The fraction of sp³-hybridized carbons (Fsp3) is 0.647. The number of hydrogen-bond acceptors (Lipinski definition) is 4. The minimum Gasteiger partial charge on any atom is -0.378 e. The number of carbonyl (C=O) groups is 1. The molecule has 0 aromatic carbocycles. The molecule has 1 aromatic heterocycles. The van der Waals surface area contributed by atoms with Gasteiger partial charge in [-0.05, 0) is 31.9 Å². The Morgan fingerprint density at radius 3 is 3.09 bits per heavy atom. The molecule has 0 bridgehead atoms. The van der Waals surface area contributed by atoms with Gasteiger partial charge in [0.1, 0.15) is 0 Å². The molecule has 0 spiro atoms. The number of hydrogen-bond donors (Lipinski definition) is 1. The third kappa shape index (κ3) is 3.31. The van der Waals surface area contributed by atoms with Crippen LogP contribution in [-0.2, 0) is 16.1 Å². The maximum absolute atomic E-state index is 12.1. The number of fused-ring (bicyclic) bond motifs is 1. The van der Waals surface area contributed by atoms with Crippen molar-refractivity contribution >= 4 is 5.91 Å². The second-order valence-corrected chi connectivity index (χ2v) is 6.38. The quantitative estimate of drug-likeness (QED) is 0.916. The summed E-state index contributed by atoms with van der Waals surface area (Å²) in [7, 11) is 1.73. The Morgan fingerprint density at radius 2 is 2.32 bits per heavy atom. The molecule has 5 nitrogen and oxygen atoms in total. The van der Waals surface area contributed by atoms with Crippen LogP contribution in [-0.4, -0.2) is 48.6 Å². The first kappa shape index (κ1) is 15.4. The molecule has 22 heavy (non-hydrogen) atoms. The lowest BCUT2D eigenvalue weighted by Gasteiger charge is -2.44. The summed E-state index contributed by atoms with van der Waals surface area (Å²) in [5.41, 5.74) is 2.16. The van der Waals surface area contributed by atoms with E-state index in [4.69, 9.17) is 4.74 Å². The lowest BCUT2D eigenvalue weighted by molar-refractivity contribution is -0.141. The molecule has 2 aliphatic rings. The van der Waals surface area contributed by atoms with E-state index in [0.29, 0.717) is 12.5 Å². The maximum Gasteiger partial charge on any atom is 0.223 e. The second-order valence-electron chi connectivity index (χ2n) is 6.38. The number of carbonyl (C=O) groups excluding carboxylic acids is 1. The number of nitrogens with one attached hydrogen (secondary N) is 1. The van der Waals surface area contributed by atoms with Crippen LogP contribution in [0.4, 0.5) is 0 Å². The molecule has 1 amide bonds. The highest BCUT2D eigenvalue weighted by molar-refractivity contribution is 5.78.